The van der Waals surface area contributed by atoms with Gasteiger partial charge in [0, 0.05) is 25.8 Å². The molecule has 0 aliphatic heterocycles. The second kappa shape index (κ2) is 6.78. The number of nitrogens with one attached hydrogen (secondary N) is 1. The van der Waals surface area contributed by atoms with E-state index >= 15 is 0 Å². The van der Waals surface area contributed by atoms with Gasteiger partial charge in [-0.3, -0.25) is 25.0 Å². The van der Waals surface area contributed by atoms with Gasteiger partial charge in [-0.15, -0.1) is 0 Å². The Hall–Kier alpha value is -2.26. The Balaban J connectivity index is 3.17. The summed E-state index contributed by atoms with van der Waals surface area (Å²) in [6.07, 6.45) is 0. The van der Waals surface area contributed by atoms with E-state index in [9.17, 15) is 25.0 Å². The van der Waals surface area contributed by atoms with Crippen LogP contribution in [0.25, 0.3) is 0 Å². The number of amides is 1. The molecule has 0 atom stereocenters. The third-order valence-corrected chi connectivity index (χ3v) is 2.67. The fourth-order valence-corrected chi connectivity index (χ4v) is 1.61. The Labute approximate surface area is 117 Å². The number of hydrogen-bond donors (Lipinski definition) is 1. The molecule has 0 saturated carbocycles. The Morgan fingerprint density at radius 3 is 2.20 bits per heavy atom. The molecule has 0 aromatic heterocycles. The quantitative estimate of drug-likeness (QED) is 0.482. The maximum atomic E-state index is 11.7. The van der Waals surface area contributed by atoms with Gasteiger partial charge < -0.3 is 10.1 Å². The number of nitro benzene ring substituents is 2. The van der Waals surface area contributed by atoms with E-state index in [1.165, 1.54) is 7.11 Å². The van der Waals surface area contributed by atoms with Crippen LogP contribution >= 0.6 is 11.6 Å². The molecule has 1 aromatic rings. The highest BCUT2D eigenvalue weighted by Crippen LogP contribution is 2.34. The van der Waals surface area contributed by atoms with Gasteiger partial charge in [0.05, 0.1) is 22.0 Å². The fourth-order valence-electron chi connectivity index (χ4n) is 1.36. The number of nitro groups is 2. The van der Waals surface area contributed by atoms with Gasteiger partial charge in [-0.1, -0.05) is 11.6 Å². The van der Waals surface area contributed by atoms with Gasteiger partial charge in [-0.25, -0.2) is 0 Å². The van der Waals surface area contributed by atoms with Crippen molar-refractivity contribution >= 4 is 28.9 Å². The van der Waals surface area contributed by atoms with Crippen LogP contribution in [0.4, 0.5) is 11.4 Å². The van der Waals surface area contributed by atoms with Crippen molar-refractivity contribution in [2.45, 2.75) is 0 Å². The van der Waals surface area contributed by atoms with Gasteiger partial charge in [0.2, 0.25) is 0 Å². The summed E-state index contributed by atoms with van der Waals surface area (Å²) < 4.78 is 4.72. The maximum Gasteiger partial charge on any atom is 0.295 e. The second-order valence-electron chi connectivity index (χ2n) is 3.59. The molecule has 0 fully saturated rings. The number of carbonyl (C=O) groups is 1. The average Bonchev–Trinajstić information content (AvgIpc) is 2.38. The van der Waals surface area contributed by atoms with Crippen molar-refractivity contribution in [3.63, 3.8) is 0 Å². The predicted molar refractivity (Wildman–Crippen MR) is 69.0 cm³/mol. The topological polar surface area (TPSA) is 125 Å². The summed E-state index contributed by atoms with van der Waals surface area (Å²) in [4.78, 5) is 31.5. The third-order valence-electron chi connectivity index (χ3n) is 2.28. The molecular weight excluding hydrogens is 294 g/mol. The summed E-state index contributed by atoms with van der Waals surface area (Å²) in [7, 11) is 1.43. The summed E-state index contributed by atoms with van der Waals surface area (Å²) in [6, 6.07) is 1.77. The number of methoxy groups -OCH3 is 1. The minimum Gasteiger partial charge on any atom is -0.383 e. The fraction of sp³-hybridized carbons (Fsp3) is 0.300. The second-order valence-corrected chi connectivity index (χ2v) is 3.97. The number of nitrogens with zero attached hydrogens (tertiary/aromatic N) is 2. The molecule has 0 unspecified atom stereocenters. The van der Waals surface area contributed by atoms with Crippen molar-refractivity contribution < 1.29 is 19.4 Å². The first-order chi connectivity index (χ1) is 9.38. The highest BCUT2D eigenvalue weighted by molar-refractivity contribution is 6.35. The molecule has 10 heteroatoms. The zero-order valence-corrected chi connectivity index (χ0v) is 11.0. The average molecular weight is 304 g/mol. The molecule has 0 heterocycles. The molecule has 1 aromatic carbocycles. The molecule has 0 radical (unpaired) electrons. The minimum atomic E-state index is -0.888. The summed E-state index contributed by atoms with van der Waals surface area (Å²) in [6.45, 7) is 0.406. The molecule has 0 bridgehead atoms. The van der Waals surface area contributed by atoms with Crippen LogP contribution in [-0.4, -0.2) is 36.0 Å². The van der Waals surface area contributed by atoms with Crippen LogP contribution in [0.15, 0.2) is 12.1 Å². The first kappa shape index (κ1) is 15.8. The lowest BCUT2D eigenvalue weighted by Crippen LogP contribution is -2.27. The molecule has 0 aliphatic carbocycles. The summed E-state index contributed by atoms with van der Waals surface area (Å²) >= 11 is 5.57. The first-order valence-corrected chi connectivity index (χ1v) is 5.65. The highest BCUT2D eigenvalue weighted by Gasteiger charge is 2.27. The number of carbonyl (C=O) groups excluding carboxylic acids is 1. The van der Waals surface area contributed by atoms with E-state index in [0.717, 1.165) is 12.1 Å². The van der Waals surface area contributed by atoms with Gasteiger partial charge in [0.1, 0.15) is 0 Å². The van der Waals surface area contributed by atoms with Crippen LogP contribution in [-0.2, 0) is 4.74 Å². The van der Waals surface area contributed by atoms with Gasteiger partial charge >= 0.3 is 0 Å². The monoisotopic (exact) mass is 303 g/mol. The number of benzene rings is 1. The van der Waals surface area contributed by atoms with E-state index in [4.69, 9.17) is 16.3 Å². The number of hydrogen-bond acceptors (Lipinski definition) is 6. The van der Waals surface area contributed by atoms with Crippen LogP contribution in [0.5, 0.6) is 0 Å². The van der Waals surface area contributed by atoms with E-state index in [1.807, 2.05) is 0 Å². The number of halogens is 1. The van der Waals surface area contributed by atoms with Crippen LogP contribution in [0, 0.1) is 20.2 Å². The Morgan fingerprint density at radius 2 is 1.80 bits per heavy atom. The predicted octanol–water partition coefficient (Wildman–Crippen LogP) is 1.53. The summed E-state index contributed by atoms with van der Waals surface area (Å²) in [5.74, 6) is -0.690. The molecule has 1 amide bonds. The zero-order valence-electron chi connectivity index (χ0n) is 10.3. The van der Waals surface area contributed by atoms with Crippen molar-refractivity contribution in [2.75, 3.05) is 20.3 Å². The lowest BCUT2D eigenvalue weighted by Gasteiger charge is -2.05. The zero-order chi connectivity index (χ0) is 15.3. The lowest BCUT2D eigenvalue weighted by atomic mass is 10.1. The van der Waals surface area contributed by atoms with Gasteiger partial charge in [0.15, 0.2) is 5.02 Å². The molecule has 108 valence electrons. The Bertz CT molecular complexity index is 527. The van der Waals surface area contributed by atoms with E-state index < -0.39 is 32.2 Å². The SMILES string of the molecule is COCCNC(=O)c1cc([N+](=O)[O-])c(Cl)c([N+](=O)[O-])c1. The van der Waals surface area contributed by atoms with Gasteiger partial charge in [0.25, 0.3) is 17.3 Å². The molecule has 1 N–H and O–H groups in total. The first-order valence-electron chi connectivity index (χ1n) is 5.28. The van der Waals surface area contributed by atoms with Crippen LogP contribution in [0.1, 0.15) is 10.4 Å². The molecule has 0 spiro atoms. The van der Waals surface area contributed by atoms with Crippen molar-refractivity contribution in [1.82, 2.24) is 5.32 Å². The largest absolute Gasteiger partial charge is 0.383 e. The Kier molecular flexibility index (Phi) is 5.35. The third kappa shape index (κ3) is 3.62. The van der Waals surface area contributed by atoms with Crippen LogP contribution < -0.4 is 5.32 Å². The van der Waals surface area contributed by atoms with E-state index in [-0.39, 0.29) is 18.7 Å². The smallest absolute Gasteiger partial charge is 0.295 e. The molecule has 0 aliphatic rings. The minimum absolute atomic E-state index is 0.166. The van der Waals surface area contributed by atoms with Crippen molar-refractivity contribution in [3.8, 4) is 0 Å². The van der Waals surface area contributed by atoms with Crippen LogP contribution in [0.2, 0.25) is 5.02 Å². The standard InChI is InChI=1S/C10H10ClN3O6/c1-20-3-2-12-10(15)6-4-7(13(16)17)9(11)8(5-6)14(18)19/h4-5H,2-3H2,1H3,(H,12,15). The van der Waals surface area contributed by atoms with Crippen molar-refractivity contribution in [1.29, 1.82) is 0 Å². The summed E-state index contributed by atoms with van der Waals surface area (Å²) in [5, 5.41) is 23.3. The van der Waals surface area contributed by atoms with Gasteiger partial charge in [-0.2, -0.15) is 0 Å². The number of rotatable bonds is 6. The van der Waals surface area contributed by atoms with Gasteiger partial charge in [-0.05, 0) is 0 Å². The molecule has 20 heavy (non-hydrogen) atoms. The van der Waals surface area contributed by atoms with Crippen molar-refractivity contribution in [2.24, 2.45) is 0 Å². The van der Waals surface area contributed by atoms with Crippen molar-refractivity contribution in [3.05, 3.63) is 42.9 Å². The van der Waals surface area contributed by atoms with E-state index in [0.29, 0.717) is 0 Å². The number of ether oxygens (including phenoxy) is 1. The normalized spacial score (nSPS) is 10.1. The summed E-state index contributed by atoms with van der Waals surface area (Å²) in [5.41, 5.74) is -1.61. The molecule has 0 saturated heterocycles. The lowest BCUT2D eigenvalue weighted by molar-refractivity contribution is -0.393. The highest BCUT2D eigenvalue weighted by atomic mass is 35.5. The van der Waals surface area contributed by atoms with E-state index in [1.54, 1.807) is 0 Å². The molecular formula is C10H10ClN3O6. The maximum absolute atomic E-state index is 11.7. The molecule has 9 nitrogen and oxygen atoms in total. The Morgan fingerprint density at radius 1 is 1.30 bits per heavy atom. The molecule has 1 rings (SSSR count). The van der Waals surface area contributed by atoms with Crippen LogP contribution in [0.3, 0.4) is 0 Å². The van der Waals surface area contributed by atoms with E-state index in [2.05, 4.69) is 5.32 Å².